The molecule has 0 aliphatic heterocycles. The molecule has 0 fully saturated rings. The summed E-state index contributed by atoms with van der Waals surface area (Å²) < 4.78 is 36.4. The van der Waals surface area contributed by atoms with Gasteiger partial charge in [-0.05, 0) is 61.2 Å². The fourth-order valence-corrected chi connectivity index (χ4v) is 3.99. The van der Waals surface area contributed by atoms with Crippen LogP contribution in [0.5, 0.6) is 11.5 Å². The minimum absolute atomic E-state index is 0.293. The van der Waals surface area contributed by atoms with Gasteiger partial charge >= 0.3 is 0 Å². The van der Waals surface area contributed by atoms with E-state index in [1.807, 2.05) is 39.0 Å². The Kier molecular flexibility index (Phi) is 7.72. The topological polar surface area (TPSA) is 84.9 Å². The summed E-state index contributed by atoms with van der Waals surface area (Å²) in [5.74, 6) is 0.774. The van der Waals surface area contributed by atoms with E-state index in [1.54, 1.807) is 32.4 Å². The van der Waals surface area contributed by atoms with E-state index in [-0.39, 0.29) is 18.5 Å². The van der Waals surface area contributed by atoms with Crippen molar-refractivity contribution in [2.75, 3.05) is 31.3 Å². The summed E-state index contributed by atoms with van der Waals surface area (Å²) in [6, 6.07) is 10.5. The van der Waals surface area contributed by atoms with Crippen molar-refractivity contribution in [3.05, 3.63) is 53.1 Å². The van der Waals surface area contributed by atoms with Crippen molar-refractivity contribution < 1.29 is 22.7 Å². The van der Waals surface area contributed by atoms with Crippen LogP contribution in [0.4, 0.5) is 5.69 Å². The molecule has 0 spiro atoms. The molecule has 164 valence electrons. The van der Waals surface area contributed by atoms with Crippen LogP contribution in [0.3, 0.4) is 0 Å². The largest absolute Gasteiger partial charge is 0.493 e. The van der Waals surface area contributed by atoms with E-state index in [0.29, 0.717) is 23.6 Å². The summed E-state index contributed by atoms with van der Waals surface area (Å²) in [5, 5.41) is 2.93. The number of nitrogens with one attached hydrogen (secondary N) is 1. The Morgan fingerprint density at radius 3 is 2.23 bits per heavy atom. The van der Waals surface area contributed by atoms with Gasteiger partial charge in [0.25, 0.3) is 0 Å². The molecule has 1 atom stereocenters. The van der Waals surface area contributed by atoms with Crippen LogP contribution in [-0.4, -0.2) is 41.3 Å². The van der Waals surface area contributed by atoms with Gasteiger partial charge in [0.2, 0.25) is 15.9 Å². The van der Waals surface area contributed by atoms with Gasteiger partial charge in [0.15, 0.2) is 11.5 Å². The normalized spacial score (nSPS) is 12.2. The zero-order valence-corrected chi connectivity index (χ0v) is 19.2. The fourth-order valence-electron chi connectivity index (χ4n) is 3.14. The van der Waals surface area contributed by atoms with Crippen molar-refractivity contribution in [2.45, 2.75) is 33.2 Å². The van der Waals surface area contributed by atoms with Crippen molar-refractivity contribution in [3.63, 3.8) is 0 Å². The highest BCUT2D eigenvalue weighted by molar-refractivity contribution is 7.92. The second-order valence-electron chi connectivity index (χ2n) is 7.18. The van der Waals surface area contributed by atoms with Crippen LogP contribution in [-0.2, 0) is 14.8 Å². The highest BCUT2D eigenvalue weighted by Crippen LogP contribution is 2.31. The molecule has 2 aromatic carbocycles. The number of nitrogens with zero attached hydrogens (tertiary/aromatic N) is 1. The van der Waals surface area contributed by atoms with Crippen LogP contribution in [0.2, 0.25) is 0 Å². The van der Waals surface area contributed by atoms with Gasteiger partial charge < -0.3 is 14.8 Å². The molecule has 0 radical (unpaired) electrons. The lowest BCUT2D eigenvalue weighted by atomic mass is 10.0. The number of amides is 1. The first-order chi connectivity index (χ1) is 14.1. The van der Waals surface area contributed by atoms with Gasteiger partial charge in [0.1, 0.15) is 6.54 Å². The minimum atomic E-state index is -3.63. The Morgan fingerprint density at radius 1 is 1.03 bits per heavy atom. The standard InChI is InChI=1S/C22H30N2O5S/c1-7-19(17-9-11-20(28-4)21(13-17)29-5)23-22(25)14-24(30(6,26)27)18-10-8-15(2)16(3)12-18/h8-13,19H,7,14H2,1-6H3,(H,23,25). The SMILES string of the molecule is CCC(NC(=O)CN(c1ccc(C)c(C)c1)S(C)(=O)=O)c1ccc(OC)c(OC)c1. The summed E-state index contributed by atoms with van der Waals surface area (Å²) in [4.78, 5) is 12.8. The predicted molar refractivity (Wildman–Crippen MR) is 119 cm³/mol. The van der Waals surface area contributed by atoms with Gasteiger partial charge in [0.05, 0.1) is 32.2 Å². The second kappa shape index (κ2) is 9.84. The number of carbonyl (C=O) groups is 1. The molecule has 1 unspecified atom stereocenters. The zero-order chi connectivity index (χ0) is 22.5. The van der Waals surface area contributed by atoms with Crippen LogP contribution in [0.25, 0.3) is 0 Å². The van der Waals surface area contributed by atoms with Crippen LogP contribution in [0.1, 0.15) is 36.1 Å². The number of hydrogen-bond acceptors (Lipinski definition) is 5. The molecule has 0 heterocycles. The number of rotatable bonds is 9. The van der Waals surface area contributed by atoms with Crippen molar-refractivity contribution in [1.29, 1.82) is 0 Å². The molecule has 0 saturated carbocycles. The first-order valence-corrected chi connectivity index (χ1v) is 11.5. The van der Waals surface area contributed by atoms with E-state index in [0.717, 1.165) is 27.3 Å². The molecule has 2 rings (SSSR count). The lowest BCUT2D eigenvalue weighted by molar-refractivity contribution is -0.120. The van der Waals surface area contributed by atoms with Crippen LogP contribution in [0.15, 0.2) is 36.4 Å². The Hall–Kier alpha value is -2.74. The van der Waals surface area contributed by atoms with Gasteiger partial charge in [0, 0.05) is 0 Å². The average Bonchev–Trinajstić information content (AvgIpc) is 2.71. The molecule has 1 amide bonds. The maximum atomic E-state index is 12.8. The lowest BCUT2D eigenvalue weighted by Gasteiger charge is -2.25. The van der Waals surface area contributed by atoms with Crippen molar-refractivity contribution >= 4 is 21.6 Å². The van der Waals surface area contributed by atoms with E-state index >= 15 is 0 Å². The van der Waals surface area contributed by atoms with Crippen molar-refractivity contribution in [1.82, 2.24) is 5.32 Å². The Morgan fingerprint density at radius 2 is 1.70 bits per heavy atom. The zero-order valence-electron chi connectivity index (χ0n) is 18.4. The quantitative estimate of drug-likeness (QED) is 0.654. The summed E-state index contributed by atoms with van der Waals surface area (Å²) in [5.41, 5.74) is 3.32. The van der Waals surface area contributed by atoms with Crippen molar-refractivity contribution in [2.24, 2.45) is 0 Å². The maximum absolute atomic E-state index is 12.8. The number of sulfonamides is 1. The third-order valence-electron chi connectivity index (χ3n) is 5.02. The number of carbonyl (C=O) groups excluding carboxylic acids is 1. The molecule has 2 aromatic rings. The van der Waals surface area contributed by atoms with E-state index in [1.165, 1.54) is 0 Å². The molecular formula is C22H30N2O5S. The molecule has 1 N–H and O–H groups in total. The molecule has 0 bridgehead atoms. The Balaban J connectivity index is 2.24. The van der Waals surface area contributed by atoms with Gasteiger partial charge in [-0.3, -0.25) is 9.10 Å². The van der Waals surface area contributed by atoms with Crippen molar-refractivity contribution in [3.8, 4) is 11.5 Å². The molecule has 0 aromatic heterocycles. The summed E-state index contributed by atoms with van der Waals surface area (Å²) >= 11 is 0. The minimum Gasteiger partial charge on any atom is -0.493 e. The average molecular weight is 435 g/mol. The van der Waals surface area contributed by atoms with Gasteiger partial charge in [-0.25, -0.2) is 8.42 Å². The monoisotopic (exact) mass is 434 g/mol. The fraction of sp³-hybridized carbons (Fsp3) is 0.409. The molecule has 8 heteroatoms. The van der Waals surface area contributed by atoms with E-state index < -0.39 is 10.0 Å². The maximum Gasteiger partial charge on any atom is 0.241 e. The first-order valence-electron chi connectivity index (χ1n) is 9.67. The summed E-state index contributed by atoms with van der Waals surface area (Å²) in [7, 11) is -0.524. The van der Waals surface area contributed by atoms with E-state index in [9.17, 15) is 13.2 Å². The molecule has 7 nitrogen and oxygen atoms in total. The van der Waals surface area contributed by atoms with E-state index in [2.05, 4.69) is 5.32 Å². The molecule has 0 aliphatic rings. The molecule has 0 aliphatic carbocycles. The molecule has 0 saturated heterocycles. The predicted octanol–water partition coefficient (Wildman–Crippen LogP) is 3.35. The molecular weight excluding hydrogens is 404 g/mol. The number of benzene rings is 2. The van der Waals surface area contributed by atoms with Gasteiger partial charge in [-0.1, -0.05) is 19.1 Å². The summed E-state index contributed by atoms with van der Waals surface area (Å²) in [6.45, 7) is 5.50. The highest BCUT2D eigenvalue weighted by atomic mass is 32.2. The lowest BCUT2D eigenvalue weighted by Crippen LogP contribution is -2.41. The third kappa shape index (κ3) is 5.66. The van der Waals surface area contributed by atoms with E-state index in [4.69, 9.17) is 9.47 Å². The first kappa shape index (κ1) is 23.5. The van der Waals surface area contributed by atoms with Crippen LogP contribution in [0, 0.1) is 13.8 Å². The van der Waals surface area contributed by atoms with Gasteiger partial charge in [-0.2, -0.15) is 0 Å². The number of ether oxygens (including phenoxy) is 2. The molecule has 30 heavy (non-hydrogen) atoms. The van der Waals surface area contributed by atoms with Gasteiger partial charge in [-0.15, -0.1) is 0 Å². The van der Waals surface area contributed by atoms with Crippen LogP contribution < -0.4 is 19.1 Å². The third-order valence-corrected chi connectivity index (χ3v) is 6.16. The smallest absolute Gasteiger partial charge is 0.241 e. The second-order valence-corrected chi connectivity index (χ2v) is 9.09. The summed E-state index contributed by atoms with van der Waals surface area (Å²) in [6.07, 6.45) is 1.73. The Bertz CT molecular complexity index is 1000. The highest BCUT2D eigenvalue weighted by Gasteiger charge is 2.23. The number of hydrogen-bond donors (Lipinski definition) is 1. The Labute approximate surface area is 179 Å². The van der Waals surface area contributed by atoms with Crippen LogP contribution >= 0.6 is 0 Å². The number of aryl methyl sites for hydroxylation is 2. The number of methoxy groups -OCH3 is 2. The number of anilines is 1.